The van der Waals surface area contributed by atoms with Gasteiger partial charge >= 0.3 is 18.1 Å². The van der Waals surface area contributed by atoms with Crippen molar-refractivity contribution in [2.24, 2.45) is 23.7 Å². The SMILES string of the molecule is CCC[C@H]1OC(=O)[C@H](C)[C@@H](OC2CC(C)(OC)CC(C)O2)[C@H](C)[C@@H](OC2OC(C)CC(N(C)C)C2OC(C)=O)[C@H]2C[C@@H](C)[C@](O)(O2)[C@H](C)[C@H]2OC(=O)O[C@@]21C. The molecule has 5 aliphatic rings. The minimum Gasteiger partial charge on any atom is -0.458 e. The van der Waals surface area contributed by atoms with Gasteiger partial charge in [0.2, 0.25) is 0 Å². The lowest BCUT2D eigenvalue weighted by molar-refractivity contribution is -0.317. The topological polar surface area (TPSA) is 167 Å². The molecule has 1 N–H and O–H groups in total. The molecule has 0 saturated carbocycles. The van der Waals surface area contributed by atoms with E-state index in [4.69, 9.17) is 47.4 Å². The number of cyclic esters (lactones) is 1. The van der Waals surface area contributed by atoms with Crippen LogP contribution in [0.15, 0.2) is 0 Å². The minimum atomic E-state index is -1.83. The van der Waals surface area contributed by atoms with E-state index in [0.29, 0.717) is 38.5 Å². The summed E-state index contributed by atoms with van der Waals surface area (Å²) in [6, 6.07) is -0.238. The Labute approximate surface area is 326 Å². The number of hydrogen-bond acceptors (Lipinski definition) is 15. The molecule has 0 aromatic rings. The Hall–Kier alpha value is -2.11. The highest BCUT2D eigenvalue weighted by Gasteiger charge is 2.64. The van der Waals surface area contributed by atoms with Crippen molar-refractivity contribution in [1.82, 2.24) is 4.90 Å². The molecule has 0 aromatic carbocycles. The molecule has 55 heavy (non-hydrogen) atoms. The Morgan fingerprint density at radius 2 is 1.62 bits per heavy atom. The normalized spacial score (nSPS) is 48.1. The quantitative estimate of drug-likeness (QED) is 0.252. The predicted molar refractivity (Wildman–Crippen MR) is 196 cm³/mol. The molecule has 15 nitrogen and oxygen atoms in total. The highest BCUT2D eigenvalue weighted by Crippen LogP contribution is 2.50. The lowest BCUT2D eigenvalue weighted by Gasteiger charge is -2.46. The molecule has 5 heterocycles. The smallest absolute Gasteiger partial charge is 0.458 e. The highest BCUT2D eigenvalue weighted by molar-refractivity contribution is 5.73. The van der Waals surface area contributed by atoms with Crippen LogP contribution >= 0.6 is 0 Å². The number of nitrogens with zero attached hydrogens (tertiary/aromatic N) is 1. The minimum absolute atomic E-state index is 0.203. The zero-order valence-electron chi connectivity index (χ0n) is 35.1. The van der Waals surface area contributed by atoms with Gasteiger partial charge in [-0.3, -0.25) is 9.59 Å². The number of fused-ring (bicyclic) bond motifs is 3. The number of carbonyl (C=O) groups is 3. The van der Waals surface area contributed by atoms with E-state index in [1.165, 1.54) is 6.92 Å². The first kappa shape index (κ1) is 44.0. The van der Waals surface area contributed by atoms with E-state index in [2.05, 4.69) is 0 Å². The van der Waals surface area contributed by atoms with Crippen LogP contribution < -0.4 is 0 Å². The monoisotopic (exact) mass is 785 g/mol. The average molecular weight is 786 g/mol. The van der Waals surface area contributed by atoms with Gasteiger partial charge < -0.3 is 57.4 Å². The van der Waals surface area contributed by atoms with Gasteiger partial charge in [0.1, 0.15) is 6.10 Å². The summed E-state index contributed by atoms with van der Waals surface area (Å²) in [5, 5.41) is 12.6. The van der Waals surface area contributed by atoms with Crippen molar-refractivity contribution in [2.75, 3.05) is 21.2 Å². The standard InChI is InChI=1S/C40H67NO14/c1-14-15-29-39(10)34(53-37(44)55-39)25(7)40(45)20(2)16-28(54-40)32(52-36-33(49-26(8)42)27(41(11)12)17-21(3)48-36)23(5)31(24(6)35(43)50-29)51-30-19-38(9,46-13)18-22(4)47-30/h20-25,27-34,36,45H,14-19H2,1-13H3/t20-,21?,22?,23+,24-,25-,27?,28-,29-,30?,31+,32-,33?,34-,36?,38?,39-,40+/m1/s1. The summed E-state index contributed by atoms with van der Waals surface area (Å²) < 4.78 is 63.2. The van der Waals surface area contributed by atoms with Crippen LogP contribution in [0.5, 0.6) is 0 Å². The molecule has 316 valence electrons. The zero-order chi connectivity index (χ0) is 40.8. The van der Waals surface area contributed by atoms with Gasteiger partial charge in [0, 0.05) is 38.7 Å². The summed E-state index contributed by atoms with van der Waals surface area (Å²) in [5.74, 6) is -5.72. The van der Waals surface area contributed by atoms with Gasteiger partial charge in [0.15, 0.2) is 36.2 Å². The number of hydrogen-bond donors (Lipinski definition) is 1. The van der Waals surface area contributed by atoms with Crippen molar-refractivity contribution in [3.63, 3.8) is 0 Å². The molecule has 0 aliphatic carbocycles. The maximum absolute atomic E-state index is 14.5. The fraction of sp³-hybridized carbons (Fsp3) is 0.925. The molecular formula is C40H67NO14. The van der Waals surface area contributed by atoms with Gasteiger partial charge in [-0.15, -0.1) is 0 Å². The van der Waals surface area contributed by atoms with Crippen molar-refractivity contribution in [2.45, 2.75) is 192 Å². The zero-order valence-corrected chi connectivity index (χ0v) is 35.1. The Morgan fingerprint density at radius 3 is 2.24 bits per heavy atom. The van der Waals surface area contributed by atoms with Gasteiger partial charge in [-0.1, -0.05) is 34.1 Å². The molecule has 0 aromatic heterocycles. The van der Waals surface area contributed by atoms with Crippen LogP contribution in [0.25, 0.3) is 0 Å². The summed E-state index contributed by atoms with van der Waals surface area (Å²) in [4.78, 5) is 41.9. The van der Waals surface area contributed by atoms with Crippen LogP contribution in [0, 0.1) is 23.7 Å². The van der Waals surface area contributed by atoms with Crippen molar-refractivity contribution in [1.29, 1.82) is 0 Å². The molecule has 0 amide bonds. The van der Waals surface area contributed by atoms with Gasteiger partial charge in [-0.2, -0.15) is 0 Å². The Kier molecular flexibility index (Phi) is 13.6. The van der Waals surface area contributed by atoms with Crippen LogP contribution in [0.2, 0.25) is 0 Å². The third-order valence-electron chi connectivity index (χ3n) is 12.9. The van der Waals surface area contributed by atoms with Crippen molar-refractivity contribution in [3.05, 3.63) is 0 Å². The molecule has 5 saturated heterocycles. The molecule has 5 rings (SSSR count). The number of rotatable bonds is 9. The third-order valence-corrected chi connectivity index (χ3v) is 12.9. The van der Waals surface area contributed by atoms with Crippen LogP contribution in [0.3, 0.4) is 0 Å². The summed E-state index contributed by atoms with van der Waals surface area (Å²) >= 11 is 0. The molecule has 5 aliphatic heterocycles. The first-order valence-corrected chi connectivity index (χ1v) is 20.2. The molecule has 5 fully saturated rings. The van der Waals surface area contributed by atoms with Crippen LogP contribution in [-0.4, -0.2) is 134 Å². The van der Waals surface area contributed by atoms with Crippen molar-refractivity contribution >= 4 is 18.1 Å². The second-order valence-electron chi connectivity index (χ2n) is 17.6. The van der Waals surface area contributed by atoms with E-state index in [-0.39, 0.29) is 18.2 Å². The van der Waals surface area contributed by atoms with E-state index >= 15 is 0 Å². The highest BCUT2D eigenvalue weighted by atomic mass is 16.8. The van der Waals surface area contributed by atoms with Crippen LogP contribution in [-0.2, 0) is 57.0 Å². The molecule has 0 radical (unpaired) electrons. The third kappa shape index (κ3) is 8.99. The van der Waals surface area contributed by atoms with E-state index < -0.39 is 108 Å². The molecule has 18 atom stereocenters. The molecule has 7 unspecified atom stereocenters. The number of likely N-dealkylation sites (N-methyl/N-ethyl adjacent to an activating group) is 1. The summed E-state index contributed by atoms with van der Waals surface area (Å²) in [6.07, 6.45) is -5.59. The number of aliphatic hydroxyl groups is 1. The Bertz CT molecular complexity index is 1370. The van der Waals surface area contributed by atoms with Gasteiger partial charge in [0.05, 0.1) is 54.0 Å². The number of esters is 2. The summed E-state index contributed by atoms with van der Waals surface area (Å²) in [7, 11) is 5.49. The maximum atomic E-state index is 14.5. The largest absolute Gasteiger partial charge is 0.509 e. The molecule has 15 heteroatoms. The van der Waals surface area contributed by atoms with Crippen molar-refractivity contribution < 1.29 is 66.9 Å². The van der Waals surface area contributed by atoms with Gasteiger partial charge in [0.25, 0.3) is 0 Å². The number of methoxy groups -OCH3 is 1. The predicted octanol–water partition coefficient (Wildman–Crippen LogP) is 4.73. The summed E-state index contributed by atoms with van der Waals surface area (Å²) in [5.41, 5.74) is -1.99. The number of ether oxygens (including phenoxy) is 10. The lowest BCUT2D eigenvalue weighted by atomic mass is 9.76. The van der Waals surface area contributed by atoms with E-state index in [1.807, 2.05) is 60.5 Å². The Morgan fingerprint density at radius 1 is 0.927 bits per heavy atom. The molecular weight excluding hydrogens is 718 g/mol. The second-order valence-corrected chi connectivity index (χ2v) is 17.6. The first-order valence-electron chi connectivity index (χ1n) is 20.2. The van der Waals surface area contributed by atoms with Gasteiger partial charge in [-0.25, -0.2) is 4.79 Å². The van der Waals surface area contributed by atoms with E-state index in [0.717, 1.165) is 0 Å². The van der Waals surface area contributed by atoms with E-state index in [9.17, 15) is 19.5 Å². The van der Waals surface area contributed by atoms with E-state index in [1.54, 1.807) is 27.9 Å². The molecule has 2 bridgehead atoms. The molecule has 0 spiro atoms. The summed E-state index contributed by atoms with van der Waals surface area (Å²) in [6.45, 7) is 18.2. The number of carbonyl (C=O) groups excluding carboxylic acids is 3. The first-order chi connectivity index (χ1) is 25.7. The van der Waals surface area contributed by atoms with Gasteiger partial charge in [-0.05, 0) is 68.0 Å². The van der Waals surface area contributed by atoms with Crippen LogP contribution in [0.4, 0.5) is 4.79 Å². The average Bonchev–Trinajstić information content (AvgIpc) is 3.58. The van der Waals surface area contributed by atoms with Crippen molar-refractivity contribution in [3.8, 4) is 0 Å². The lowest BCUT2D eigenvalue weighted by Crippen LogP contribution is -2.59. The second kappa shape index (κ2) is 17.0. The maximum Gasteiger partial charge on any atom is 0.509 e. The Balaban J connectivity index is 1.63. The fourth-order valence-electron chi connectivity index (χ4n) is 9.70. The fourth-order valence-corrected chi connectivity index (χ4v) is 9.70. The van der Waals surface area contributed by atoms with Crippen LogP contribution in [0.1, 0.15) is 108 Å².